The lowest BCUT2D eigenvalue weighted by atomic mass is 10.1. The predicted octanol–water partition coefficient (Wildman–Crippen LogP) is -0.0404. The van der Waals surface area contributed by atoms with Gasteiger partial charge in [-0.15, -0.1) is 0 Å². The van der Waals surface area contributed by atoms with Crippen LogP contribution in [0.5, 0.6) is 0 Å². The minimum atomic E-state index is 0.226. The molecule has 0 spiro atoms. The van der Waals surface area contributed by atoms with E-state index in [1.54, 1.807) is 13.2 Å². The van der Waals surface area contributed by atoms with Crippen LogP contribution in [0.15, 0.2) is 6.07 Å². The number of nitrogens with one attached hydrogen (secondary N) is 1. The van der Waals surface area contributed by atoms with Crippen molar-refractivity contribution in [3.05, 3.63) is 6.07 Å². The molecule has 2 heterocycles. The molecule has 0 radical (unpaired) electrons. The molecule has 7 heteroatoms. The molecule has 7 nitrogen and oxygen atoms in total. The second-order valence-corrected chi connectivity index (χ2v) is 4.04. The number of methoxy groups -OCH3 is 1. The molecular weight excluding hydrogens is 220 g/mol. The standard InChI is InChI=1S/C10H18N6O/c1-17-7-2-4-16(5-3-7)9-6-8(15-12)13-10(11)14-9/h6-7H,2-5,12H2,1H3,(H3,11,13,14,15). The third-order valence-corrected chi connectivity index (χ3v) is 2.98. The first-order chi connectivity index (χ1) is 8.22. The first-order valence-electron chi connectivity index (χ1n) is 5.62. The second-order valence-electron chi connectivity index (χ2n) is 4.04. The maximum atomic E-state index is 5.63. The summed E-state index contributed by atoms with van der Waals surface area (Å²) >= 11 is 0. The van der Waals surface area contributed by atoms with E-state index in [9.17, 15) is 0 Å². The van der Waals surface area contributed by atoms with Gasteiger partial charge in [0.05, 0.1) is 6.10 Å². The van der Waals surface area contributed by atoms with E-state index in [0.29, 0.717) is 11.9 Å². The SMILES string of the molecule is COC1CCN(c2cc(NN)nc(N)n2)CC1. The summed E-state index contributed by atoms with van der Waals surface area (Å²) in [6, 6.07) is 1.80. The molecule has 1 saturated heterocycles. The number of nitrogens with zero attached hydrogens (tertiary/aromatic N) is 3. The lowest BCUT2D eigenvalue weighted by molar-refractivity contribution is 0.0818. The Labute approximate surface area is 100 Å². The Morgan fingerprint density at radius 3 is 2.71 bits per heavy atom. The molecule has 0 unspecified atom stereocenters. The molecule has 94 valence electrons. The van der Waals surface area contributed by atoms with Gasteiger partial charge in [0.25, 0.3) is 0 Å². The van der Waals surface area contributed by atoms with Crippen LogP contribution >= 0.6 is 0 Å². The summed E-state index contributed by atoms with van der Waals surface area (Å²) in [5.41, 5.74) is 8.11. The van der Waals surface area contributed by atoms with Crippen LogP contribution in [0, 0.1) is 0 Å². The van der Waals surface area contributed by atoms with E-state index in [1.165, 1.54) is 0 Å². The number of hydrazine groups is 1. The summed E-state index contributed by atoms with van der Waals surface area (Å²) in [4.78, 5) is 10.3. The highest BCUT2D eigenvalue weighted by molar-refractivity contribution is 5.52. The van der Waals surface area contributed by atoms with Gasteiger partial charge < -0.3 is 20.8 Å². The van der Waals surface area contributed by atoms with Crippen LogP contribution in [0.3, 0.4) is 0 Å². The molecule has 1 aromatic heterocycles. The summed E-state index contributed by atoms with van der Waals surface area (Å²) in [6.45, 7) is 1.80. The lowest BCUT2D eigenvalue weighted by Crippen LogP contribution is -2.37. The van der Waals surface area contributed by atoms with Gasteiger partial charge in [-0.05, 0) is 12.8 Å². The largest absolute Gasteiger partial charge is 0.381 e. The zero-order chi connectivity index (χ0) is 12.3. The molecule has 0 bridgehead atoms. The normalized spacial score (nSPS) is 17.2. The molecule has 1 aliphatic heterocycles. The van der Waals surface area contributed by atoms with Crippen LogP contribution in [0.2, 0.25) is 0 Å². The van der Waals surface area contributed by atoms with E-state index >= 15 is 0 Å². The van der Waals surface area contributed by atoms with E-state index in [1.807, 2.05) is 0 Å². The number of nitrogen functional groups attached to an aromatic ring is 2. The fraction of sp³-hybridized carbons (Fsp3) is 0.600. The monoisotopic (exact) mass is 238 g/mol. The average molecular weight is 238 g/mol. The molecule has 1 fully saturated rings. The summed E-state index contributed by atoms with van der Waals surface area (Å²) < 4.78 is 5.33. The fourth-order valence-corrected chi connectivity index (χ4v) is 2.01. The van der Waals surface area contributed by atoms with E-state index in [-0.39, 0.29) is 5.95 Å². The third-order valence-electron chi connectivity index (χ3n) is 2.98. The summed E-state index contributed by atoms with van der Waals surface area (Å²) in [6.07, 6.45) is 2.33. The van der Waals surface area contributed by atoms with Gasteiger partial charge in [0.1, 0.15) is 11.6 Å². The third kappa shape index (κ3) is 2.75. The van der Waals surface area contributed by atoms with E-state index < -0.39 is 0 Å². The molecule has 0 atom stereocenters. The van der Waals surface area contributed by atoms with Crippen molar-refractivity contribution in [3.63, 3.8) is 0 Å². The van der Waals surface area contributed by atoms with Crippen molar-refractivity contribution >= 4 is 17.6 Å². The van der Waals surface area contributed by atoms with Crippen LogP contribution in [0.4, 0.5) is 17.6 Å². The maximum Gasteiger partial charge on any atom is 0.223 e. The maximum absolute atomic E-state index is 5.63. The van der Waals surface area contributed by atoms with E-state index in [4.69, 9.17) is 16.3 Å². The highest BCUT2D eigenvalue weighted by Gasteiger charge is 2.20. The average Bonchev–Trinajstić information content (AvgIpc) is 2.38. The Balaban J connectivity index is 2.10. The molecular formula is C10H18N6O. The van der Waals surface area contributed by atoms with Crippen molar-refractivity contribution in [1.29, 1.82) is 0 Å². The Bertz CT molecular complexity index is 377. The molecule has 0 aromatic carbocycles. The van der Waals surface area contributed by atoms with Crippen LogP contribution < -0.4 is 21.9 Å². The van der Waals surface area contributed by atoms with Crippen molar-refractivity contribution in [2.24, 2.45) is 5.84 Å². The topological polar surface area (TPSA) is 102 Å². The Morgan fingerprint density at radius 2 is 2.12 bits per heavy atom. The van der Waals surface area contributed by atoms with Gasteiger partial charge >= 0.3 is 0 Å². The minimum Gasteiger partial charge on any atom is -0.381 e. The number of nitrogens with two attached hydrogens (primary N) is 2. The zero-order valence-electron chi connectivity index (χ0n) is 9.89. The van der Waals surface area contributed by atoms with Crippen molar-refractivity contribution < 1.29 is 4.74 Å². The van der Waals surface area contributed by atoms with Crippen LogP contribution in [0.25, 0.3) is 0 Å². The summed E-state index contributed by atoms with van der Waals surface area (Å²) in [7, 11) is 1.75. The number of hydrogen-bond donors (Lipinski definition) is 3. The molecule has 0 amide bonds. The fourth-order valence-electron chi connectivity index (χ4n) is 2.01. The van der Waals surface area contributed by atoms with Crippen molar-refractivity contribution in [3.8, 4) is 0 Å². The Hall–Kier alpha value is -1.60. The van der Waals surface area contributed by atoms with E-state index in [2.05, 4.69) is 20.3 Å². The zero-order valence-corrected chi connectivity index (χ0v) is 9.89. The molecule has 0 saturated carbocycles. The molecule has 5 N–H and O–H groups in total. The number of rotatable bonds is 3. The van der Waals surface area contributed by atoms with Gasteiger partial charge in [0.15, 0.2) is 0 Å². The van der Waals surface area contributed by atoms with Gasteiger partial charge in [-0.1, -0.05) is 0 Å². The van der Waals surface area contributed by atoms with Gasteiger partial charge in [-0.2, -0.15) is 9.97 Å². The molecule has 1 aliphatic rings. The van der Waals surface area contributed by atoms with E-state index in [0.717, 1.165) is 31.7 Å². The molecule has 0 aliphatic carbocycles. The molecule has 2 rings (SSSR count). The van der Waals surface area contributed by atoms with Crippen LogP contribution in [-0.2, 0) is 4.74 Å². The predicted molar refractivity (Wildman–Crippen MR) is 66.5 cm³/mol. The number of ether oxygens (including phenoxy) is 1. The molecule has 1 aromatic rings. The van der Waals surface area contributed by atoms with Gasteiger partial charge in [-0.3, -0.25) is 0 Å². The smallest absolute Gasteiger partial charge is 0.223 e. The number of anilines is 3. The lowest BCUT2D eigenvalue weighted by Gasteiger charge is -2.32. The first kappa shape index (κ1) is 11.9. The second kappa shape index (κ2) is 5.15. The Morgan fingerprint density at radius 1 is 1.41 bits per heavy atom. The van der Waals surface area contributed by atoms with Crippen molar-refractivity contribution in [1.82, 2.24) is 9.97 Å². The minimum absolute atomic E-state index is 0.226. The highest BCUT2D eigenvalue weighted by atomic mass is 16.5. The van der Waals surface area contributed by atoms with Gasteiger partial charge in [0, 0.05) is 26.3 Å². The quantitative estimate of drug-likeness (QED) is 0.501. The number of hydrogen-bond acceptors (Lipinski definition) is 7. The van der Waals surface area contributed by atoms with Crippen LogP contribution in [0.1, 0.15) is 12.8 Å². The van der Waals surface area contributed by atoms with Crippen molar-refractivity contribution in [2.45, 2.75) is 18.9 Å². The first-order valence-corrected chi connectivity index (χ1v) is 5.62. The number of piperidine rings is 1. The Kier molecular flexibility index (Phi) is 3.60. The van der Waals surface area contributed by atoms with Crippen molar-refractivity contribution in [2.75, 3.05) is 36.3 Å². The van der Waals surface area contributed by atoms with Gasteiger partial charge in [0.2, 0.25) is 5.95 Å². The number of aromatic nitrogens is 2. The summed E-state index contributed by atoms with van der Waals surface area (Å²) in [5.74, 6) is 6.89. The highest BCUT2D eigenvalue weighted by Crippen LogP contribution is 2.21. The van der Waals surface area contributed by atoms with Crippen LogP contribution in [-0.4, -0.2) is 36.3 Å². The van der Waals surface area contributed by atoms with Gasteiger partial charge in [-0.25, -0.2) is 5.84 Å². The summed E-state index contributed by atoms with van der Waals surface area (Å²) in [5, 5.41) is 0. The molecule has 17 heavy (non-hydrogen) atoms.